The fraction of sp³-hybridized carbons (Fsp3) is 0.800. The molecule has 0 aromatic carbocycles. The van der Waals surface area contributed by atoms with E-state index >= 15 is 0 Å². The van der Waals surface area contributed by atoms with E-state index in [0.29, 0.717) is 5.41 Å². The Balaban J connectivity index is 1.70. The number of rotatable bonds is 4. The predicted molar refractivity (Wildman–Crippen MR) is 79.2 cm³/mol. The first-order valence-electron chi connectivity index (χ1n) is 7.20. The van der Waals surface area contributed by atoms with Crippen LogP contribution < -0.4 is 5.32 Å². The summed E-state index contributed by atoms with van der Waals surface area (Å²) in [6.45, 7) is 7.97. The van der Waals surface area contributed by atoms with Gasteiger partial charge in [-0.15, -0.1) is 11.3 Å². The van der Waals surface area contributed by atoms with Crippen molar-refractivity contribution in [3.05, 3.63) is 16.1 Å². The molecule has 0 saturated heterocycles. The van der Waals surface area contributed by atoms with Crippen LogP contribution in [0.1, 0.15) is 56.7 Å². The van der Waals surface area contributed by atoms with Crippen molar-refractivity contribution in [3.8, 4) is 0 Å². The van der Waals surface area contributed by atoms with Gasteiger partial charge in [-0.05, 0) is 38.0 Å². The molecule has 0 bridgehead atoms. The van der Waals surface area contributed by atoms with Crippen LogP contribution in [-0.4, -0.2) is 17.6 Å². The van der Waals surface area contributed by atoms with Crippen molar-refractivity contribution in [2.24, 2.45) is 5.41 Å². The quantitative estimate of drug-likeness (QED) is 0.835. The second-order valence-corrected chi connectivity index (χ2v) is 7.32. The molecule has 1 unspecified atom stereocenters. The van der Waals surface area contributed by atoms with Crippen LogP contribution in [0.3, 0.4) is 0 Å². The number of nitrogens with zero attached hydrogens (tertiary/aromatic N) is 1. The second-order valence-electron chi connectivity index (χ2n) is 6.38. The van der Waals surface area contributed by atoms with Gasteiger partial charge < -0.3 is 5.32 Å². The molecule has 1 aliphatic rings. The molecule has 3 heteroatoms. The fourth-order valence-corrected chi connectivity index (χ4v) is 3.54. The normalized spacial score (nSPS) is 23.8. The molecule has 0 amide bonds. The molecule has 102 valence electrons. The summed E-state index contributed by atoms with van der Waals surface area (Å²) in [6, 6.07) is 0.729. The van der Waals surface area contributed by atoms with Crippen LogP contribution in [-0.2, 0) is 6.42 Å². The molecule has 1 aliphatic carbocycles. The lowest BCUT2D eigenvalue weighted by Crippen LogP contribution is -2.30. The van der Waals surface area contributed by atoms with Gasteiger partial charge in [0.05, 0.1) is 5.01 Å². The van der Waals surface area contributed by atoms with Gasteiger partial charge in [0, 0.05) is 30.1 Å². The lowest BCUT2D eigenvalue weighted by Gasteiger charge is -2.22. The third kappa shape index (κ3) is 4.36. The number of nitrogens with one attached hydrogen (secondary N) is 1. The number of hydrogen-bond acceptors (Lipinski definition) is 3. The van der Waals surface area contributed by atoms with Crippen LogP contribution in [0.5, 0.6) is 0 Å². The Hall–Kier alpha value is -0.410. The summed E-state index contributed by atoms with van der Waals surface area (Å²) in [7, 11) is 0. The zero-order chi connectivity index (χ0) is 13.0. The molecule has 0 radical (unpaired) electrons. The molecule has 1 aromatic heterocycles. The fourth-order valence-electron chi connectivity index (χ4n) is 2.77. The molecule has 1 N–H and O–H groups in total. The molecule has 1 saturated carbocycles. The lowest BCUT2D eigenvalue weighted by atomic mass is 9.85. The average molecular weight is 266 g/mol. The van der Waals surface area contributed by atoms with Crippen molar-refractivity contribution >= 4 is 11.3 Å². The first kappa shape index (κ1) is 14.0. The van der Waals surface area contributed by atoms with Crippen molar-refractivity contribution in [1.29, 1.82) is 0 Å². The van der Waals surface area contributed by atoms with Crippen molar-refractivity contribution in [1.82, 2.24) is 10.3 Å². The summed E-state index contributed by atoms with van der Waals surface area (Å²) < 4.78 is 0. The molecule has 18 heavy (non-hydrogen) atoms. The van der Waals surface area contributed by atoms with E-state index in [0.717, 1.165) is 24.7 Å². The van der Waals surface area contributed by atoms with Gasteiger partial charge >= 0.3 is 0 Å². The van der Waals surface area contributed by atoms with Gasteiger partial charge in [0.15, 0.2) is 0 Å². The molecule has 0 aliphatic heterocycles. The molecule has 1 aromatic rings. The van der Waals surface area contributed by atoms with Crippen molar-refractivity contribution in [2.75, 3.05) is 6.54 Å². The highest BCUT2D eigenvalue weighted by molar-refractivity contribution is 7.09. The SMILES string of the molecule is Cc1csc(CCNC2CCCC(C)(C)CC2)n1. The Kier molecular flexibility index (Phi) is 4.79. The maximum Gasteiger partial charge on any atom is 0.0940 e. The van der Waals surface area contributed by atoms with Gasteiger partial charge in [0.1, 0.15) is 0 Å². The maximum absolute atomic E-state index is 4.51. The number of thiazole rings is 1. The minimum absolute atomic E-state index is 0.558. The summed E-state index contributed by atoms with van der Waals surface area (Å²) in [5.41, 5.74) is 1.72. The summed E-state index contributed by atoms with van der Waals surface area (Å²) in [5, 5.41) is 7.14. The van der Waals surface area contributed by atoms with E-state index in [2.05, 4.69) is 36.5 Å². The first-order chi connectivity index (χ1) is 8.55. The minimum Gasteiger partial charge on any atom is -0.314 e. The van der Waals surface area contributed by atoms with Crippen molar-refractivity contribution in [2.45, 2.75) is 65.3 Å². The largest absolute Gasteiger partial charge is 0.314 e. The van der Waals surface area contributed by atoms with Crippen molar-refractivity contribution < 1.29 is 0 Å². The monoisotopic (exact) mass is 266 g/mol. The minimum atomic E-state index is 0.558. The van der Waals surface area contributed by atoms with Crippen LogP contribution in [0.15, 0.2) is 5.38 Å². The Morgan fingerprint density at radius 1 is 1.39 bits per heavy atom. The highest BCUT2D eigenvalue weighted by Gasteiger charge is 2.23. The van der Waals surface area contributed by atoms with Crippen LogP contribution in [0.4, 0.5) is 0 Å². The van der Waals surface area contributed by atoms with Crippen LogP contribution in [0.2, 0.25) is 0 Å². The molecule has 1 heterocycles. The van der Waals surface area contributed by atoms with E-state index in [4.69, 9.17) is 0 Å². The highest BCUT2D eigenvalue weighted by Crippen LogP contribution is 2.33. The van der Waals surface area contributed by atoms with E-state index in [-0.39, 0.29) is 0 Å². The molecule has 2 nitrogen and oxygen atoms in total. The predicted octanol–water partition coefficient (Wildman–Crippen LogP) is 3.94. The summed E-state index contributed by atoms with van der Waals surface area (Å²) in [5.74, 6) is 0. The van der Waals surface area contributed by atoms with E-state index in [1.807, 2.05) is 0 Å². The summed E-state index contributed by atoms with van der Waals surface area (Å²) in [6.07, 6.45) is 7.89. The number of aromatic nitrogens is 1. The third-order valence-corrected chi connectivity index (χ3v) is 5.04. The van der Waals surface area contributed by atoms with Crippen molar-refractivity contribution in [3.63, 3.8) is 0 Å². The zero-order valence-corrected chi connectivity index (χ0v) is 12.8. The maximum atomic E-state index is 4.51. The molecular weight excluding hydrogens is 240 g/mol. The Morgan fingerprint density at radius 3 is 2.94 bits per heavy atom. The first-order valence-corrected chi connectivity index (χ1v) is 8.07. The van der Waals surface area contributed by atoms with Gasteiger partial charge in [-0.25, -0.2) is 4.98 Å². The average Bonchev–Trinajstić information content (AvgIpc) is 2.63. The molecule has 1 atom stereocenters. The zero-order valence-electron chi connectivity index (χ0n) is 12.0. The molecule has 1 fully saturated rings. The highest BCUT2D eigenvalue weighted by atomic mass is 32.1. The smallest absolute Gasteiger partial charge is 0.0940 e. The van der Waals surface area contributed by atoms with Gasteiger partial charge in [0.2, 0.25) is 0 Å². The van der Waals surface area contributed by atoms with E-state index in [1.54, 1.807) is 11.3 Å². The van der Waals surface area contributed by atoms with E-state index in [1.165, 1.54) is 37.1 Å². The summed E-state index contributed by atoms with van der Waals surface area (Å²) in [4.78, 5) is 4.51. The van der Waals surface area contributed by atoms with Crippen LogP contribution >= 0.6 is 11.3 Å². The third-order valence-electron chi connectivity index (χ3n) is 4.01. The van der Waals surface area contributed by atoms with Gasteiger partial charge in [0.25, 0.3) is 0 Å². The molecule has 0 spiro atoms. The van der Waals surface area contributed by atoms with E-state index in [9.17, 15) is 0 Å². The summed E-state index contributed by atoms with van der Waals surface area (Å²) >= 11 is 1.79. The number of hydrogen-bond donors (Lipinski definition) is 1. The van der Waals surface area contributed by atoms with Crippen LogP contribution in [0.25, 0.3) is 0 Å². The van der Waals surface area contributed by atoms with E-state index < -0.39 is 0 Å². The second kappa shape index (κ2) is 6.16. The lowest BCUT2D eigenvalue weighted by molar-refractivity contribution is 0.310. The van der Waals surface area contributed by atoms with Gasteiger partial charge in [-0.2, -0.15) is 0 Å². The topological polar surface area (TPSA) is 24.9 Å². The Labute approximate surface area is 115 Å². The standard InChI is InChI=1S/C15H26N2S/c1-12-11-18-14(17-12)7-10-16-13-5-4-8-15(2,3)9-6-13/h11,13,16H,4-10H2,1-3H3. The van der Waals surface area contributed by atoms with Gasteiger partial charge in [-0.3, -0.25) is 0 Å². The Bertz CT molecular complexity index is 370. The molecule has 2 rings (SSSR count). The molecular formula is C15H26N2S. The number of aryl methyl sites for hydroxylation is 1. The van der Waals surface area contributed by atoms with Crippen LogP contribution in [0, 0.1) is 12.3 Å². The Morgan fingerprint density at radius 2 is 2.22 bits per heavy atom. The van der Waals surface area contributed by atoms with Gasteiger partial charge in [-0.1, -0.05) is 20.3 Å².